The van der Waals surface area contributed by atoms with Crippen LogP contribution in [0.2, 0.25) is 0 Å². The lowest BCUT2D eigenvalue weighted by molar-refractivity contribution is -0.187. The van der Waals surface area contributed by atoms with Gasteiger partial charge in [-0.2, -0.15) is 11.8 Å². The minimum Gasteiger partial charge on any atom is -0.497 e. The summed E-state index contributed by atoms with van der Waals surface area (Å²) in [6, 6.07) is 8.80. The summed E-state index contributed by atoms with van der Waals surface area (Å²) in [4.78, 5) is 43.8. The van der Waals surface area contributed by atoms with Crippen molar-refractivity contribution in [3.63, 3.8) is 0 Å². The van der Waals surface area contributed by atoms with Crippen molar-refractivity contribution < 1.29 is 19.1 Å². The van der Waals surface area contributed by atoms with Crippen LogP contribution < -0.4 is 5.32 Å². The number of carbonyl (C=O) groups excluding carboxylic acids is 3. The van der Waals surface area contributed by atoms with Crippen molar-refractivity contribution in [3.8, 4) is 0 Å². The highest BCUT2D eigenvalue weighted by Crippen LogP contribution is 2.28. The first kappa shape index (κ1) is 30.3. The Labute approximate surface area is 236 Å². The number of nitrogens with zero attached hydrogens (tertiary/aromatic N) is 4. The lowest BCUT2D eigenvalue weighted by atomic mass is 10.0. The van der Waals surface area contributed by atoms with E-state index in [2.05, 4.69) is 5.32 Å². The van der Waals surface area contributed by atoms with E-state index in [0.29, 0.717) is 25.9 Å². The Bertz CT molecular complexity index is 1090. The van der Waals surface area contributed by atoms with Gasteiger partial charge in [-0.05, 0) is 56.4 Å². The number of amides is 4. The molecule has 1 aromatic carbocycles. The molecule has 0 aliphatic carbocycles. The van der Waals surface area contributed by atoms with Gasteiger partial charge in [-0.15, -0.1) is 0 Å². The Morgan fingerprint density at radius 3 is 2.54 bits per heavy atom. The lowest BCUT2D eigenvalue weighted by Gasteiger charge is -2.54. The molecule has 2 atom stereocenters. The molecule has 9 nitrogen and oxygen atoms in total. The Morgan fingerprint density at radius 1 is 1.15 bits per heavy atom. The number of ether oxygens (including phenoxy) is 1. The summed E-state index contributed by atoms with van der Waals surface area (Å²) in [5.74, 6) is 1.30. The minimum absolute atomic E-state index is 0.0403. The maximum absolute atomic E-state index is 13.7. The number of likely N-dealkylation sites (N-methyl/N-ethyl adjacent to an activating group) is 1. The number of carbonyl (C=O) groups is 3. The van der Waals surface area contributed by atoms with E-state index < -0.39 is 12.2 Å². The van der Waals surface area contributed by atoms with Gasteiger partial charge in [0, 0.05) is 20.1 Å². The molecule has 1 unspecified atom stereocenters. The standard InChI is InChI=1S/C29H41N5O4S/c1-6-22(13-14-24(7-2)38-4)15-17-32-20-26-33(25(28(32)36)16-18-39-5)27(35)21-31(3)34(26)29(37)30-19-23-11-9-8-10-12-23/h6-14,25-26H,15-21H2,1-5H3,(H,30,37)/b14-13-,22-6+,24-7+/t25-,26?/m0/s1. The first-order valence-electron chi connectivity index (χ1n) is 13.3. The summed E-state index contributed by atoms with van der Waals surface area (Å²) in [5, 5.41) is 6.25. The van der Waals surface area contributed by atoms with Crippen molar-refractivity contribution in [2.24, 2.45) is 0 Å². The number of benzene rings is 1. The molecule has 0 saturated carbocycles. The minimum atomic E-state index is -0.602. The number of hydrazine groups is 1. The van der Waals surface area contributed by atoms with Gasteiger partial charge in [-0.3, -0.25) is 9.59 Å². The van der Waals surface area contributed by atoms with Crippen LogP contribution in [-0.2, 0) is 20.9 Å². The largest absolute Gasteiger partial charge is 0.497 e. The number of piperazine rings is 1. The molecule has 2 heterocycles. The molecule has 2 aliphatic heterocycles. The zero-order valence-corrected chi connectivity index (χ0v) is 24.4. The van der Waals surface area contributed by atoms with Crippen LogP contribution in [0.25, 0.3) is 0 Å². The quantitative estimate of drug-likeness (QED) is 0.332. The van der Waals surface area contributed by atoms with Gasteiger partial charge >= 0.3 is 6.03 Å². The maximum atomic E-state index is 13.7. The van der Waals surface area contributed by atoms with E-state index in [1.54, 1.807) is 45.7 Å². The molecule has 1 N–H and O–H groups in total. The van der Waals surface area contributed by atoms with Gasteiger partial charge in [-0.1, -0.05) is 48.1 Å². The fourth-order valence-corrected chi connectivity index (χ4v) is 5.39. The second kappa shape index (κ2) is 14.8. The predicted octanol–water partition coefficient (Wildman–Crippen LogP) is 3.62. The first-order valence-corrected chi connectivity index (χ1v) is 14.7. The molecule has 39 heavy (non-hydrogen) atoms. The number of urea groups is 1. The van der Waals surface area contributed by atoms with Crippen molar-refractivity contribution in [2.75, 3.05) is 45.8 Å². The van der Waals surface area contributed by atoms with Gasteiger partial charge in [0.05, 0.1) is 20.2 Å². The van der Waals surface area contributed by atoms with E-state index in [1.807, 2.05) is 74.7 Å². The number of methoxy groups -OCH3 is 1. The van der Waals surface area contributed by atoms with Crippen molar-refractivity contribution in [1.82, 2.24) is 25.1 Å². The highest BCUT2D eigenvalue weighted by Gasteiger charge is 2.50. The van der Waals surface area contributed by atoms with E-state index >= 15 is 0 Å². The monoisotopic (exact) mass is 555 g/mol. The number of rotatable bonds is 11. The number of hydrogen-bond donors (Lipinski definition) is 1. The number of allylic oxidation sites excluding steroid dienone is 4. The van der Waals surface area contributed by atoms with Crippen LogP contribution in [0.15, 0.2) is 66.0 Å². The van der Waals surface area contributed by atoms with Gasteiger partial charge in [0.15, 0.2) is 0 Å². The molecule has 0 bridgehead atoms. The van der Waals surface area contributed by atoms with Crippen LogP contribution in [0.1, 0.15) is 32.3 Å². The molecule has 4 amide bonds. The average Bonchev–Trinajstić information content (AvgIpc) is 2.94. The van der Waals surface area contributed by atoms with Crippen molar-refractivity contribution in [3.05, 3.63) is 71.5 Å². The van der Waals surface area contributed by atoms with Gasteiger partial charge in [0.2, 0.25) is 11.8 Å². The van der Waals surface area contributed by atoms with Crippen molar-refractivity contribution >= 4 is 29.6 Å². The van der Waals surface area contributed by atoms with Crippen LogP contribution in [0, 0.1) is 0 Å². The van der Waals surface area contributed by atoms with E-state index in [-0.39, 0.29) is 30.9 Å². The van der Waals surface area contributed by atoms with Crippen LogP contribution in [0.4, 0.5) is 4.79 Å². The second-order valence-electron chi connectivity index (χ2n) is 9.51. The molecule has 1 aromatic rings. The van der Waals surface area contributed by atoms with Gasteiger partial charge < -0.3 is 19.9 Å². The van der Waals surface area contributed by atoms with E-state index in [9.17, 15) is 14.4 Å². The molecule has 3 rings (SSSR count). The van der Waals surface area contributed by atoms with Crippen molar-refractivity contribution in [1.29, 1.82) is 0 Å². The van der Waals surface area contributed by atoms with E-state index in [0.717, 1.165) is 22.6 Å². The highest BCUT2D eigenvalue weighted by atomic mass is 32.2. The smallest absolute Gasteiger partial charge is 0.334 e. The molecule has 10 heteroatoms. The van der Waals surface area contributed by atoms with E-state index in [4.69, 9.17) is 4.74 Å². The Hall–Kier alpha value is -3.24. The molecular weight excluding hydrogens is 514 g/mol. The maximum Gasteiger partial charge on any atom is 0.334 e. The third-order valence-electron chi connectivity index (χ3n) is 7.05. The second-order valence-corrected chi connectivity index (χ2v) is 10.5. The van der Waals surface area contributed by atoms with Gasteiger partial charge in [0.1, 0.15) is 18.0 Å². The average molecular weight is 556 g/mol. The zero-order chi connectivity index (χ0) is 28.4. The Morgan fingerprint density at radius 2 is 1.90 bits per heavy atom. The fraction of sp³-hybridized carbons (Fsp3) is 0.483. The summed E-state index contributed by atoms with van der Waals surface area (Å²) in [5.41, 5.74) is 2.05. The molecule has 0 aromatic heterocycles. The van der Waals surface area contributed by atoms with Crippen LogP contribution in [-0.4, -0.2) is 95.7 Å². The molecule has 212 valence electrons. The van der Waals surface area contributed by atoms with Crippen LogP contribution in [0.3, 0.4) is 0 Å². The number of thioether (sulfide) groups is 1. The summed E-state index contributed by atoms with van der Waals surface area (Å²) in [6.07, 6.45) is 10.4. The van der Waals surface area contributed by atoms with Gasteiger partial charge in [0.25, 0.3) is 0 Å². The molecule has 0 spiro atoms. The topological polar surface area (TPSA) is 85.4 Å². The van der Waals surface area contributed by atoms with Crippen LogP contribution in [0.5, 0.6) is 0 Å². The summed E-state index contributed by atoms with van der Waals surface area (Å²) in [6.45, 7) is 5.03. The lowest BCUT2D eigenvalue weighted by Crippen LogP contribution is -2.76. The summed E-state index contributed by atoms with van der Waals surface area (Å²) >= 11 is 1.64. The Balaban J connectivity index is 1.82. The Kier molecular flexibility index (Phi) is 11.5. The molecule has 2 fully saturated rings. The van der Waals surface area contributed by atoms with E-state index in [1.165, 1.54) is 0 Å². The number of hydrogen-bond acceptors (Lipinski definition) is 6. The highest BCUT2D eigenvalue weighted by molar-refractivity contribution is 7.98. The predicted molar refractivity (Wildman–Crippen MR) is 155 cm³/mol. The van der Waals surface area contributed by atoms with Gasteiger partial charge in [-0.25, -0.2) is 14.8 Å². The first-order chi connectivity index (χ1) is 18.8. The molecule has 2 saturated heterocycles. The fourth-order valence-electron chi connectivity index (χ4n) is 4.93. The summed E-state index contributed by atoms with van der Waals surface area (Å²) in [7, 11) is 3.37. The summed E-state index contributed by atoms with van der Waals surface area (Å²) < 4.78 is 5.31. The molecule has 0 radical (unpaired) electrons. The molecule has 2 aliphatic rings. The zero-order valence-electron chi connectivity index (χ0n) is 23.6. The number of fused-ring (bicyclic) bond motifs is 1. The normalized spacial score (nSPS) is 21.0. The number of nitrogens with one attached hydrogen (secondary N) is 1. The van der Waals surface area contributed by atoms with Crippen LogP contribution >= 0.6 is 11.8 Å². The SMILES string of the molecule is C\C=C(/C=C\C(=C/C)OC)CCN1CC2N(C(=O)CN(C)N2C(=O)NCc2ccccc2)[C@@H](CCSC)C1=O. The molecular formula is C29H41N5O4S. The third-order valence-corrected chi connectivity index (χ3v) is 7.70. The van der Waals surface area contributed by atoms with Crippen molar-refractivity contribution in [2.45, 2.75) is 45.4 Å². The third kappa shape index (κ3) is 7.67.